The molecule has 2 aliphatic rings. The molecular weight excluding hydrogens is 124 g/mol. The number of hydrogen-bond donors (Lipinski definition) is 0. The first kappa shape index (κ1) is 6.38. The SMILES string of the molecule is C[C@@H]1C[C@@H]2CC[C@@H](C2)C1=O. The maximum atomic E-state index is 11.4. The van der Waals surface area contributed by atoms with E-state index >= 15 is 0 Å². The highest BCUT2D eigenvalue weighted by atomic mass is 16.1. The van der Waals surface area contributed by atoms with Crippen LogP contribution in [0, 0.1) is 17.8 Å². The van der Waals surface area contributed by atoms with Gasteiger partial charge in [0.15, 0.2) is 0 Å². The van der Waals surface area contributed by atoms with Crippen LogP contribution in [0.15, 0.2) is 0 Å². The lowest BCUT2D eigenvalue weighted by Gasteiger charge is -2.22. The quantitative estimate of drug-likeness (QED) is 0.500. The molecule has 2 bridgehead atoms. The number of carbonyl (C=O) groups excluding carboxylic acids is 1. The van der Waals surface area contributed by atoms with Crippen LogP contribution in [0.2, 0.25) is 0 Å². The molecular formula is C9H14O. The van der Waals surface area contributed by atoms with E-state index in [0.29, 0.717) is 17.6 Å². The monoisotopic (exact) mass is 138 g/mol. The van der Waals surface area contributed by atoms with E-state index < -0.39 is 0 Å². The van der Waals surface area contributed by atoms with Crippen LogP contribution in [0.5, 0.6) is 0 Å². The van der Waals surface area contributed by atoms with Gasteiger partial charge in [0.05, 0.1) is 0 Å². The minimum atomic E-state index is 0.381. The number of Topliss-reactive ketones (excluding diaryl/α,β-unsaturated/α-hetero) is 1. The second-order valence-corrected chi connectivity index (χ2v) is 3.92. The fraction of sp³-hybridized carbons (Fsp3) is 0.889. The van der Waals surface area contributed by atoms with Gasteiger partial charge in [0.1, 0.15) is 5.78 Å². The minimum Gasteiger partial charge on any atom is -0.299 e. The van der Waals surface area contributed by atoms with Crippen molar-refractivity contribution >= 4 is 5.78 Å². The summed E-state index contributed by atoms with van der Waals surface area (Å²) in [5.41, 5.74) is 0. The lowest BCUT2D eigenvalue weighted by molar-refractivity contribution is -0.128. The molecule has 0 N–H and O–H groups in total. The molecule has 0 heterocycles. The van der Waals surface area contributed by atoms with Crippen LogP contribution >= 0.6 is 0 Å². The molecule has 0 aromatic rings. The first-order valence-electron chi connectivity index (χ1n) is 4.31. The highest BCUT2D eigenvalue weighted by molar-refractivity contribution is 5.84. The lowest BCUT2D eigenvalue weighted by Crippen LogP contribution is -2.25. The number of rotatable bonds is 0. The molecule has 3 atom stereocenters. The summed E-state index contributed by atoms with van der Waals surface area (Å²) in [6.45, 7) is 2.09. The Morgan fingerprint density at radius 3 is 2.90 bits per heavy atom. The van der Waals surface area contributed by atoms with Crippen molar-refractivity contribution in [2.45, 2.75) is 32.6 Å². The molecule has 1 heteroatoms. The van der Waals surface area contributed by atoms with E-state index in [1.54, 1.807) is 0 Å². The van der Waals surface area contributed by atoms with Gasteiger partial charge in [-0.15, -0.1) is 0 Å². The first-order chi connectivity index (χ1) is 4.77. The van der Waals surface area contributed by atoms with Crippen LogP contribution in [0.4, 0.5) is 0 Å². The van der Waals surface area contributed by atoms with Gasteiger partial charge in [-0.3, -0.25) is 4.79 Å². The average molecular weight is 138 g/mol. The third-order valence-corrected chi connectivity index (χ3v) is 3.12. The summed E-state index contributed by atoms with van der Waals surface area (Å²) in [6.07, 6.45) is 4.90. The maximum absolute atomic E-state index is 11.4. The fourth-order valence-corrected chi connectivity index (χ4v) is 2.57. The van der Waals surface area contributed by atoms with Gasteiger partial charge in [0.25, 0.3) is 0 Å². The van der Waals surface area contributed by atoms with Crippen molar-refractivity contribution < 1.29 is 4.79 Å². The van der Waals surface area contributed by atoms with E-state index in [-0.39, 0.29) is 0 Å². The number of hydrogen-bond acceptors (Lipinski definition) is 1. The van der Waals surface area contributed by atoms with Gasteiger partial charge < -0.3 is 0 Å². The Morgan fingerprint density at radius 1 is 1.30 bits per heavy atom. The van der Waals surface area contributed by atoms with Crippen LogP contribution in [0.25, 0.3) is 0 Å². The largest absolute Gasteiger partial charge is 0.299 e. The van der Waals surface area contributed by atoms with Crippen molar-refractivity contribution in [1.82, 2.24) is 0 Å². The van der Waals surface area contributed by atoms with Crippen LogP contribution in [0.1, 0.15) is 32.6 Å². The van der Waals surface area contributed by atoms with Crippen molar-refractivity contribution in [3.05, 3.63) is 0 Å². The molecule has 0 aromatic carbocycles. The zero-order valence-corrected chi connectivity index (χ0v) is 6.47. The molecule has 0 saturated heterocycles. The first-order valence-corrected chi connectivity index (χ1v) is 4.31. The molecule has 0 spiro atoms. The molecule has 2 aliphatic carbocycles. The molecule has 0 amide bonds. The molecule has 10 heavy (non-hydrogen) atoms. The second-order valence-electron chi connectivity index (χ2n) is 3.92. The molecule has 2 fully saturated rings. The minimum absolute atomic E-state index is 0.381. The summed E-state index contributed by atoms with van der Waals surface area (Å²) in [5.74, 6) is 2.30. The second kappa shape index (κ2) is 2.08. The molecule has 2 saturated carbocycles. The van der Waals surface area contributed by atoms with Crippen molar-refractivity contribution in [2.24, 2.45) is 17.8 Å². The van der Waals surface area contributed by atoms with Crippen molar-refractivity contribution in [1.29, 1.82) is 0 Å². The highest BCUT2D eigenvalue weighted by Crippen LogP contribution is 2.42. The third-order valence-electron chi connectivity index (χ3n) is 3.12. The number of fused-ring (bicyclic) bond motifs is 2. The summed E-state index contributed by atoms with van der Waals surface area (Å²) >= 11 is 0. The van der Waals surface area contributed by atoms with Gasteiger partial charge >= 0.3 is 0 Å². The smallest absolute Gasteiger partial charge is 0.138 e. The molecule has 2 rings (SSSR count). The van der Waals surface area contributed by atoms with Gasteiger partial charge in [-0.25, -0.2) is 0 Å². The van der Waals surface area contributed by atoms with E-state index in [2.05, 4.69) is 6.92 Å². The molecule has 0 unspecified atom stereocenters. The van der Waals surface area contributed by atoms with Gasteiger partial charge in [-0.1, -0.05) is 6.92 Å². The maximum Gasteiger partial charge on any atom is 0.138 e. The van der Waals surface area contributed by atoms with Gasteiger partial charge in [-0.05, 0) is 31.6 Å². The van der Waals surface area contributed by atoms with Crippen LogP contribution in [-0.4, -0.2) is 5.78 Å². The van der Waals surface area contributed by atoms with Crippen LogP contribution in [-0.2, 0) is 4.79 Å². The predicted octanol–water partition coefficient (Wildman–Crippen LogP) is 2.01. The van der Waals surface area contributed by atoms with Crippen molar-refractivity contribution in [3.63, 3.8) is 0 Å². The average Bonchev–Trinajstić information content (AvgIpc) is 2.29. The Morgan fingerprint density at radius 2 is 2.10 bits per heavy atom. The normalized spacial score (nSPS) is 46.1. The van der Waals surface area contributed by atoms with E-state index in [1.807, 2.05) is 0 Å². The topological polar surface area (TPSA) is 17.1 Å². The highest BCUT2D eigenvalue weighted by Gasteiger charge is 2.38. The zero-order chi connectivity index (χ0) is 7.14. The zero-order valence-electron chi connectivity index (χ0n) is 6.47. The van der Waals surface area contributed by atoms with E-state index in [1.165, 1.54) is 25.7 Å². The van der Waals surface area contributed by atoms with Crippen LogP contribution in [0.3, 0.4) is 0 Å². The molecule has 1 nitrogen and oxygen atoms in total. The molecule has 0 radical (unpaired) electrons. The fourth-order valence-electron chi connectivity index (χ4n) is 2.57. The Bertz CT molecular complexity index is 162. The third kappa shape index (κ3) is 0.799. The van der Waals surface area contributed by atoms with E-state index in [0.717, 1.165) is 5.92 Å². The number of ketones is 1. The Kier molecular flexibility index (Phi) is 1.33. The molecule has 0 aliphatic heterocycles. The molecule has 0 aromatic heterocycles. The lowest BCUT2D eigenvalue weighted by atomic mass is 9.81. The standard InChI is InChI=1S/C9H14O/c1-6-4-7-2-3-8(5-7)9(6)10/h6-8H,2-5H2,1H3/t6-,7+,8+/m1/s1. The number of carbonyl (C=O) groups is 1. The van der Waals surface area contributed by atoms with Crippen molar-refractivity contribution in [2.75, 3.05) is 0 Å². The summed E-state index contributed by atoms with van der Waals surface area (Å²) in [4.78, 5) is 11.4. The molecule has 56 valence electrons. The van der Waals surface area contributed by atoms with Crippen LogP contribution < -0.4 is 0 Å². The summed E-state index contributed by atoms with van der Waals surface area (Å²) in [5, 5.41) is 0. The predicted molar refractivity (Wildman–Crippen MR) is 39.6 cm³/mol. The summed E-state index contributed by atoms with van der Waals surface area (Å²) < 4.78 is 0. The Hall–Kier alpha value is -0.330. The Labute approximate surface area is 61.8 Å². The summed E-state index contributed by atoms with van der Waals surface area (Å²) in [6, 6.07) is 0. The van der Waals surface area contributed by atoms with Gasteiger partial charge in [0, 0.05) is 11.8 Å². The van der Waals surface area contributed by atoms with E-state index in [4.69, 9.17) is 0 Å². The van der Waals surface area contributed by atoms with Gasteiger partial charge in [-0.2, -0.15) is 0 Å². The Balaban J connectivity index is 2.17. The van der Waals surface area contributed by atoms with Gasteiger partial charge in [0.2, 0.25) is 0 Å². The summed E-state index contributed by atoms with van der Waals surface area (Å²) in [7, 11) is 0. The van der Waals surface area contributed by atoms with E-state index in [9.17, 15) is 4.79 Å². The van der Waals surface area contributed by atoms with Crippen molar-refractivity contribution in [3.8, 4) is 0 Å².